The Bertz CT molecular complexity index is 682. The van der Waals surface area contributed by atoms with Crippen LogP contribution in [0.5, 0.6) is 0 Å². The van der Waals surface area contributed by atoms with Crippen molar-refractivity contribution in [3.63, 3.8) is 0 Å². The third-order valence-electron chi connectivity index (χ3n) is 2.30. The molecule has 1 aromatic heterocycles. The first kappa shape index (κ1) is 13.0. The number of nitriles is 1. The minimum absolute atomic E-state index is 0.0374. The SMILES string of the molecule is N#Cc1cc(F)ccc1NC(=O)c1cc(Cl)ccn1. The molecular formula is C13H7ClFN3O. The topological polar surface area (TPSA) is 65.8 Å². The fraction of sp³-hybridized carbons (Fsp3) is 0. The Kier molecular flexibility index (Phi) is 3.74. The van der Waals surface area contributed by atoms with Crippen molar-refractivity contribution in [2.75, 3.05) is 5.32 Å². The average Bonchev–Trinajstić information content (AvgIpc) is 2.40. The Morgan fingerprint density at radius 3 is 2.84 bits per heavy atom. The molecular weight excluding hydrogens is 269 g/mol. The van der Waals surface area contributed by atoms with Crippen LogP contribution in [-0.2, 0) is 0 Å². The summed E-state index contributed by atoms with van der Waals surface area (Å²) in [5.74, 6) is -1.07. The van der Waals surface area contributed by atoms with Crippen LogP contribution in [0.2, 0.25) is 5.02 Å². The summed E-state index contributed by atoms with van der Waals surface area (Å²) in [6, 6.07) is 8.25. The van der Waals surface area contributed by atoms with Crippen molar-refractivity contribution in [1.82, 2.24) is 4.98 Å². The number of halogens is 2. The minimum atomic E-state index is -0.546. The predicted octanol–water partition coefficient (Wildman–Crippen LogP) is 3.00. The summed E-state index contributed by atoms with van der Waals surface area (Å²) < 4.78 is 13.0. The maximum Gasteiger partial charge on any atom is 0.274 e. The quantitative estimate of drug-likeness (QED) is 0.916. The van der Waals surface area contributed by atoms with E-state index in [2.05, 4.69) is 10.3 Å². The van der Waals surface area contributed by atoms with Gasteiger partial charge in [-0.3, -0.25) is 9.78 Å². The maximum absolute atomic E-state index is 13.0. The lowest BCUT2D eigenvalue weighted by Gasteiger charge is -2.06. The van der Waals surface area contributed by atoms with Gasteiger partial charge in [0.2, 0.25) is 0 Å². The van der Waals surface area contributed by atoms with Gasteiger partial charge in [0.25, 0.3) is 5.91 Å². The van der Waals surface area contributed by atoms with Crippen molar-refractivity contribution < 1.29 is 9.18 Å². The second-order valence-electron chi connectivity index (χ2n) is 3.62. The van der Waals surface area contributed by atoms with Gasteiger partial charge in [0.15, 0.2) is 0 Å². The molecule has 0 spiro atoms. The lowest BCUT2D eigenvalue weighted by atomic mass is 10.2. The highest BCUT2D eigenvalue weighted by atomic mass is 35.5. The molecule has 6 heteroatoms. The fourth-order valence-electron chi connectivity index (χ4n) is 1.43. The van der Waals surface area contributed by atoms with Crippen LogP contribution >= 0.6 is 11.6 Å². The van der Waals surface area contributed by atoms with Crippen LogP contribution in [0.4, 0.5) is 10.1 Å². The number of carbonyl (C=O) groups is 1. The molecule has 1 amide bonds. The van der Waals surface area contributed by atoms with Crippen LogP contribution in [0.1, 0.15) is 16.1 Å². The number of nitrogens with zero attached hydrogens (tertiary/aromatic N) is 2. The van der Waals surface area contributed by atoms with Gasteiger partial charge in [0.05, 0.1) is 11.3 Å². The van der Waals surface area contributed by atoms with Gasteiger partial charge in [0.1, 0.15) is 17.6 Å². The summed E-state index contributed by atoms with van der Waals surface area (Å²) in [7, 11) is 0. The largest absolute Gasteiger partial charge is 0.319 e. The summed E-state index contributed by atoms with van der Waals surface area (Å²) >= 11 is 5.75. The molecule has 4 nitrogen and oxygen atoms in total. The van der Waals surface area contributed by atoms with Gasteiger partial charge in [-0.05, 0) is 30.3 Å². The van der Waals surface area contributed by atoms with Crippen LogP contribution in [0.15, 0.2) is 36.5 Å². The molecule has 0 aliphatic rings. The normalized spacial score (nSPS) is 9.74. The number of amides is 1. The molecule has 0 radical (unpaired) electrons. The molecule has 0 saturated carbocycles. The maximum atomic E-state index is 13.0. The molecule has 0 bridgehead atoms. The van der Waals surface area contributed by atoms with Gasteiger partial charge in [-0.25, -0.2) is 4.39 Å². The molecule has 1 heterocycles. The van der Waals surface area contributed by atoms with E-state index in [4.69, 9.17) is 16.9 Å². The molecule has 0 aliphatic carbocycles. The highest BCUT2D eigenvalue weighted by molar-refractivity contribution is 6.30. The fourth-order valence-corrected chi connectivity index (χ4v) is 1.59. The Morgan fingerprint density at radius 1 is 1.37 bits per heavy atom. The molecule has 94 valence electrons. The smallest absolute Gasteiger partial charge is 0.274 e. The second-order valence-corrected chi connectivity index (χ2v) is 4.05. The Hall–Kier alpha value is -2.45. The molecule has 19 heavy (non-hydrogen) atoms. The summed E-state index contributed by atoms with van der Waals surface area (Å²) in [5.41, 5.74) is 0.367. The third kappa shape index (κ3) is 3.06. The Labute approximate surface area is 113 Å². The predicted molar refractivity (Wildman–Crippen MR) is 68.3 cm³/mol. The summed E-state index contributed by atoms with van der Waals surface area (Å²) in [4.78, 5) is 15.7. The van der Waals surface area contributed by atoms with E-state index in [9.17, 15) is 9.18 Å². The zero-order valence-electron chi connectivity index (χ0n) is 9.52. The zero-order chi connectivity index (χ0) is 13.8. The number of hydrogen-bond donors (Lipinski definition) is 1. The van der Waals surface area contributed by atoms with Gasteiger partial charge < -0.3 is 5.32 Å². The zero-order valence-corrected chi connectivity index (χ0v) is 10.3. The highest BCUT2D eigenvalue weighted by Crippen LogP contribution is 2.17. The molecule has 0 atom stereocenters. The standard InChI is InChI=1S/C13H7ClFN3O/c14-9-3-4-17-12(6-9)13(19)18-11-2-1-10(15)5-8(11)7-16/h1-6H,(H,18,19). The van der Waals surface area contributed by atoms with Gasteiger partial charge >= 0.3 is 0 Å². The molecule has 2 aromatic rings. The van der Waals surface area contributed by atoms with Crippen LogP contribution in [0.3, 0.4) is 0 Å². The van der Waals surface area contributed by atoms with Crippen molar-refractivity contribution in [2.24, 2.45) is 0 Å². The van der Waals surface area contributed by atoms with Crippen molar-refractivity contribution in [1.29, 1.82) is 5.26 Å². The van der Waals surface area contributed by atoms with E-state index in [-0.39, 0.29) is 16.9 Å². The first-order chi connectivity index (χ1) is 9.10. The average molecular weight is 276 g/mol. The van der Waals surface area contributed by atoms with Crippen LogP contribution < -0.4 is 5.32 Å². The van der Waals surface area contributed by atoms with E-state index >= 15 is 0 Å². The third-order valence-corrected chi connectivity index (χ3v) is 2.54. The van der Waals surface area contributed by atoms with Gasteiger partial charge in [-0.15, -0.1) is 0 Å². The highest BCUT2D eigenvalue weighted by Gasteiger charge is 2.11. The van der Waals surface area contributed by atoms with Crippen molar-refractivity contribution in [3.05, 3.63) is 58.6 Å². The number of rotatable bonds is 2. The van der Waals surface area contributed by atoms with E-state index < -0.39 is 11.7 Å². The molecule has 0 saturated heterocycles. The monoisotopic (exact) mass is 275 g/mol. The molecule has 2 rings (SSSR count). The van der Waals surface area contributed by atoms with Crippen LogP contribution in [0.25, 0.3) is 0 Å². The van der Waals surface area contributed by atoms with Gasteiger partial charge in [-0.1, -0.05) is 11.6 Å². The van der Waals surface area contributed by atoms with E-state index in [1.165, 1.54) is 24.4 Å². The number of aromatic nitrogens is 1. The molecule has 0 fully saturated rings. The molecule has 0 aliphatic heterocycles. The lowest BCUT2D eigenvalue weighted by Crippen LogP contribution is -2.14. The second kappa shape index (κ2) is 5.46. The van der Waals surface area contributed by atoms with Crippen LogP contribution in [-0.4, -0.2) is 10.9 Å². The van der Waals surface area contributed by atoms with Gasteiger partial charge in [0, 0.05) is 11.2 Å². The number of carbonyl (C=O) groups excluding carboxylic acids is 1. The van der Waals surface area contributed by atoms with Crippen LogP contribution in [0, 0.1) is 17.1 Å². The summed E-state index contributed by atoms with van der Waals surface area (Å²) in [6.07, 6.45) is 1.40. The number of nitrogens with one attached hydrogen (secondary N) is 1. The number of hydrogen-bond acceptors (Lipinski definition) is 3. The molecule has 1 N–H and O–H groups in total. The first-order valence-electron chi connectivity index (χ1n) is 5.22. The van der Waals surface area contributed by atoms with E-state index in [1.807, 2.05) is 0 Å². The minimum Gasteiger partial charge on any atom is -0.319 e. The number of pyridine rings is 1. The van der Waals surface area contributed by atoms with E-state index in [0.717, 1.165) is 12.1 Å². The van der Waals surface area contributed by atoms with Crippen molar-refractivity contribution in [3.8, 4) is 6.07 Å². The number of anilines is 1. The van der Waals surface area contributed by atoms with E-state index in [0.29, 0.717) is 5.02 Å². The first-order valence-corrected chi connectivity index (χ1v) is 5.60. The van der Waals surface area contributed by atoms with Crippen molar-refractivity contribution >= 4 is 23.2 Å². The Morgan fingerprint density at radius 2 is 2.16 bits per heavy atom. The van der Waals surface area contributed by atoms with E-state index in [1.54, 1.807) is 6.07 Å². The lowest BCUT2D eigenvalue weighted by molar-refractivity contribution is 0.102. The summed E-state index contributed by atoms with van der Waals surface area (Å²) in [5, 5.41) is 11.7. The molecule has 0 unspecified atom stereocenters. The Balaban J connectivity index is 2.27. The number of benzene rings is 1. The summed E-state index contributed by atoms with van der Waals surface area (Å²) in [6.45, 7) is 0. The molecule has 1 aromatic carbocycles. The van der Waals surface area contributed by atoms with Crippen molar-refractivity contribution in [2.45, 2.75) is 0 Å². The van der Waals surface area contributed by atoms with Gasteiger partial charge in [-0.2, -0.15) is 5.26 Å².